The lowest BCUT2D eigenvalue weighted by molar-refractivity contribution is -0.121. The van der Waals surface area contributed by atoms with E-state index in [-0.39, 0.29) is 16.5 Å². The summed E-state index contributed by atoms with van der Waals surface area (Å²) in [7, 11) is 0. The summed E-state index contributed by atoms with van der Waals surface area (Å²) in [5.41, 5.74) is 3.58. The summed E-state index contributed by atoms with van der Waals surface area (Å²) in [4.78, 5) is 24.3. The van der Waals surface area contributed by atoms with Crippen molar-refractivity contribution in [1.29, 1.82) is 0 Å². The quantitative estimate of drug-likeness (QED) is 0.0665. The van der Waals surface area contributed by atoms with Gasteiger partial charge in [-0.3, -0.25) is 4.79 Å². The topological polar surface area (TPSA) is 67.8 Å². The molecule has 2 rings (SSSR count). The molecular formula is C30H40Cl2N2O3. The molecule has 0 aliphatic carbocycles. The molecule has 0 fully saturated rings. The smallest absolute Gasteiger partial charge is 0.345 e. The molecule has 0 spiro atoms. The van der Waals surface area contributed by atoms with Gasteiger partial charge in [0, 0.05) is 11.4 Å². The second-order valence-electron chi connectivity index (χ2n) is 9.37. The van der Waals surface area contributed by atoms with Gasteiger partial charge in [0.05, 0.1) is 16.8 Å². The minimum absolute atomic E-state index is 0.0790. The summed E-state index contributed by atoms with van der Waals surface area (Å²) in [6.45, 7) is 2.26. The average Bonchev–Trinajstić information content (AvgIpc) is 2.87. The third-order valence-electron chi connectivity index (χ3n) is 6.15. The lowest BCUT2D eigenvalue weighted by Crippen LogP contribution is -2.16. The van der Waals surface area contributed by atoms with E-state index in [1.54, 1.807) is 36.5 Å². The van der Waals surface area contributed by atoms with Crippen LogP contribution in [0.25, 0.3) is 0 Å². The van der Waals surface area contributed by atoms with Crippen molar-refractivity contribution >= 4 is 41.3 Å². The second kappa shape index (κ2) is 18.8. The highest BCUT2D eigenvalue weighted by atomic mass is 35.5. The SMILES string of the molecule is CCCCCCCCCCCCCCCC(=O)NN=Cc1ccc(OC(=O)c2ccc(Cl)cc2Cl)cc1. The van der Waals surface area contributed by atoms with E-state index in [2.05, 4.69) is 17.5 Å². The van der Waals surface area contributed by atoms with Crippen molar-refractivity contribution in [3.05, 3.63) is 63.6 Å². The van der Waals surface area contributed by atoms with Crippen molar-refractivity contribution in [3.63, 3.8) is 0 Å². The zero-order chi connectivity index (χ0) is 26.7. The molecule has 0 aromatic heterocycles. The summed E-state index contributed by atoms with van der Waals surface area (Å²) >= 11 is 11.9. The van der Waals surface area contributed by atoms with Crippen LogP contribution in [-0.4, -0.2) is 18.1 Å². The first-order valence-corrected chi connectivity index (χ1v) is 14.3. The Morgan fingerprint density at radius 1 is 0.811 bits per heavy atom. The molecule has 0 unspecified atom stereocenters. The highest BCUT2D eigenvalue weighted by Crippen LogP contribution is 2.23. The molecule has 0 atom stereocenters. The summed E-state index contributed by atoms with van der Waals surface area (Å²) in [6.07, 6.45) is 18.7. The molecule has 1 amide bonds. The molecule has 1 N–H and O–H groups in total. The Morgan fingerprint density at radius 2 is 1.38 bits per heavy atom. The van der Waals surface area contributed by atoms with E-state index in [9.17, 15) is 9.59 Å². The van der Waals surface area contributed by atoms with E-state index >= 15 is 0 Å². The molecular weight excluding hydrogens is 507 g/mol. The number of amides is 1. The van der Waals surface area contributed by atoms with E-state index in [1.165, 1.54) is 82.8 Å². The maximum absolute atomic E-state index is 12.3. The fourth-order valence-electron chi connectivity index (χ4n) is 3.98. The number of carbonyl (C=O) groups excluding carboxylic acids is 2. The number of rotatable bonds is 18. The van der Waals surface area contributed by atoms with Crippen LogP contribution in [0, 0.1) is 0 Å². The van der Waals surface area contributed by atoms with Gasteiger partial charge in [-0.2, -0.15) is 5.10 Å². The maximum Gasteiger partial charge on any atom is 0.345 e. The van der Waals surface area contributed by atoms with Crippen molar-refractivity contribution in [2.45, 2.75) is 96.8 Å². The van der Waals surface area contributed by atoms with Crippen LogP contribution < -0.4 is 10.2 Å². The Labute approximate surface area is 232 Å². The first-order chi connectivity index (χ1) is 18.0. The van der Waals surface area contributed by atoms with Crippen LogP contribution in [0.15, 0.2) is 47.6 Å². The van der Waals surface area contributed by atoms with Gasteiger partial charge in [-0.15, -0.1) is 0 Å². The van der Waals surface area contributed by atoms with E-state index in [0.29, 0.717) is 17.2 Å². The summed E-state index contributed by atoms with van der Waals surface area (Å²) in [5.74, 6) is -0.271. The minimum Gasteiger partial charge on any atom is -0.423 e. The lowest BCUT2D eigenvalue weighted by atomic mass is 10.0. The average molecular weight is 548 g/mol. The van der Waals surface area contributed by atoms with Crippen molar-refractivity contribution < 1.29 is 14.3 Å². The Bertz CT molecular complexity index is 977. The third-order valence-corrected chi connectivity index (χ3v) is 6.70. The number of nitrogens with zero attached hydrogens (tertiary/aromatic N) is 1. The van der Waals surface area contributed by atoms with E-state index < -0.39 is 5.97 Å². The second-order valence-corrected chi connectivity index (χ2v) is 10.2. The molecule has 0 saturated heterocycles. The Kier molecular flexibility index (Phi) is 15.7. The normalized spacial score (nSPS) is 11.1. The molecule has 2 aromatic rings. The maximum atomic E-state index is 12.3. The van der Waals surface area contributed by atoms with Gasteiger partial charge in [0.1, 0.15) is 5.75 Å². The van der Waals surface area contributed by atoms with E-state index in [1.807, 2.05) is 0 Å². The lowest BCUT2D eigenvalue weighted by Gasteiger charge is -2.06. The molecule has 0 aliphatic rings. The molecule has 202 valence electrons. The van der Waals surface area contributed by atoms with Crippen LogP contribution in [0.4, 0.5) is 0 Å². The van der Waals surface area contributed by atoms with Crippen LogP contribution in [0.2, 0.25) is 10.0 Å². The number of esters is 1. The van der Waals surface area contributed by atoms with Gasteiger partial charge in [0.2, 0.25) is 5.91 Å². The summed E-state index contributed by atoms with van der Waals surface area (Å²) in [6, 6.07) is 11.4. The molecule has 2 aromatic carbocycles. The van der Waals surface area contributed by atoms with Gasteiger partial charge in [0.15, 0.2) is 0 Å². The number of unbranched alkanes of at least 4 members (excludes halogenated alkanes) is 12. The first-order valence-electron chi connectivity index (χ1n) is 13.6. The van der Waals surface area contributed by atoms with Gasteiger partial charge in [-0.25, -0.2) is 10.2 Å². The highest BCUT2D eigenvalue weighted by Gasteiger charge is 2.13. The van der Waals surface area contributed by atoms with Gasteiger partial charge in [0.25, 0.3) is 0 Å². The largest absolute Gasteiger partial charge is 0.423 e. The summed E-state index contributed by atoms with van der Waals surface area (Å²) in [5, 5.41) is 4.70. The predicted molar refractivity (Wildman–Crippen MR) is 154 cm³/mol. The fraction of sp³-hybridized carbons (Fsp3) is 0.500. The van der Waals surface area contributed by atoms with Crippen LogP contribution in [0.3, 0.4) is 0 Å². The van der Waals surface area contributed by atoms with Gasteiger partial charge >= 0.3 is 5.97 Å². The number of hydrazone groups is 1. The predicted octanol–water partition coefficient (Wildman–Crippen LogP) is 9.14. The fourth-order valence-corrected chi connectivity index (χ4v) is 4.46. The number of hydrogen-bond donors (Lipinski definition) is 1. The van der Waals surface area contributed by atoms with Crippen LogP contribution in [0.5, 0.6) is 5.75 Å². The summed E-state index contributed by atoms with van der Waals surface area (Å²) < 4.78 is 5.35. The highest BCUT2D eigenvalue weighted by molar-refractivity contribution is 6.36. The number of nitrogens with one attached hydrogen (secondary N) is 1. The van der Waals surface area contributed by atoms with E-state index in [4.69, 9.17) is 27.9 Å². The molecule has 37 heavy (non-hydrogen) atoms. The van der Waals surface area contributed by atoms with Crippen LogP contribution >= 0.6 is 23.2 Å². The van der Waals surface area contributed by atoms with Gasteiger partial charge < -0.3 is 4.74 Å². The number of benzene rings is 2. The Balaban J connectivity index is 1.53. The van der Waals surface area contributed by atoms with Crippen molar-refractivity contribution in [2.24, 2.45) is 5.10 Å². The number of hydrogen-bond acceptors (Lipinski definition) is 4. The first kappa shape index (κ1) is 30.9. The van der Waals surface area contributed by atoms with Crippen molar-refractivity contribution in [3.8, 4) is 5.75 Å². The standard InChI is InChI=1S/C30H40Cl2N2O3/c1-2-3-4-5-6-7-8-9-10-11-12-13-14-15-29(35)34-33-23-24-16-19-26(20-17-24)37-30(36)27-21-18-25(31)22-28(27)32/h16-23H,2-15H2,1H3,(H,34,35). The molecule has 0 radical (unpaired) electrons. The minimum atomic E-state index is -0.566. The molecule has 5 nitrogen and oxygen atoms in total. The Morgan fingerprint density at radius 3 is 1.95 bits per heavy atom. The van der Waals surface area contributed by atoms with Crippen LogP contribution in [-0.2, 0) is 4.79 Å². The monoisotopic (exact) mass is 546 g/mol. The molecule has 0 saturated carbocycles. The number of ether oxygens (including phenoxy) is 1. The molecule has 0 aliphatic heterocycles. The van der Waals surface area contributed by atoms with Crippen LogP contribution in [0.1, 0.15) is 113 Å². The Hall–Kier alpha value is -2.37. The van der Waals surface area contributed by atoms with E-state index in [0.717, 1.165) is 18.4 Å². The molecule has 0 bridgehead atoms. The number of carbonyl (C=O) groups is 2. The van der Waals surface area contributed by atoms with Gasteiger partial charge in [-0.05, 0) is 54.4 Å². The van der Waals surface area contributed by atoms with Crippen molar-refractivity contribution in [1.82, 2.24) is 5.43 Å². The zero-order valence-electron chi connectivity index (χ0n) is 21.9. The number of halogens is 2. The zero-order valence-corrected chi connectivity index (χ0v) is 23.5. The van der Waals surface area contributed by atoms with Crippen molar-refractivity contribution in [2.75, 3.05) is 0 Å². The molecule has 7 heteroatoms. The molecule has 0 heterocycles. The van der Waals surface area contributed by atoms with Gasteiger partial charge in [-0.1, -0.05) is 107 Å². The third kappa shape index (κ3) is 13.7.